The number of aryl methyl sites for hydroxylation is 2. The third-order valence-electron chi connectivity index (χ3n) is 5.78. The molecule has 3 unspecified atom stereocenters. The highest BCUT2D eigenvalue weighted by atomic mass is 31.1. The number of carbonyl (C=O) groups excluding carboxylic acids is 2. The van der Waals surface area contributed by atoms with E-state index in [0.29, 0.717) is 18.4 Å². The molecule has 8 heteroatoms. The molecule has 0 saturated heterocycles. The van der Waals surface area contributed by atoms with Crippen LogP contribution in [0.25, 0.3) is 0 Å². The molecule has 3 atom stereocenters. The van der Waals surface area contributed by atoms with Crippen molar-refractivity contribution in [3.05, 3.63) is 63.7 Å². The van der Waals surface area contributed by atoms with Gasteiger partial charge in [0, 0.05) is 0 Å². The number of carbonyl (C=O) groups is 2. The molecular weight excluding hydrogens is 453 g/mol. The number of rotatable bonds is 10. The van der Waals surface area contributed by atoms with Crippen LogP contribution in [0.2, 0.25) is 0 Å². The Morgan fingerprint density at radius 2 is 1.76 bits per heavy atom. The minimum atomic E-state index is -1.40. The largest absolute Gasteiger partial charge is 0.507 e. The fourth-order valence-corrected chi connectivity index (χ4v) is 4.18. The molecule has 34 heavy (non-hydrogen) atoms. The van der Waals surface area contributed by atoms with Crippen molar-refractivity contribution in [1.29, 1.82) is 0 Å². The number of aromatic hydroxyl groups is 1. The number of benzene rings is 2. The molecule has 0 aromatic heterocycles. The van der Waals surface area contributed by atoms with Crippen molar-refractivity contribution >= 4 is 20.3 Å². The number of phenols is 1. The summed E-state index contributed by atoms with van der Waals surface area (Å²) >= 11 is 0. The van der Waals surface area contributed by atoms with Crippen molar-refractivity contribution < 1.29 is 29.1 Å². The molecule has 0 saturated carbocycles. The topological polar surface area (TPSA) is 113 Å². The van der Waals surface area contributed by atoms with E-state index in [1.165, 1.54) is 13.0 Å². The van der Waals surface area contributed by atoms with E-state index < -0.39 is 31.7 Å². The highest BCUT2D eigenvalue weighted by molar-refractivity contribution is 7.25. The Morgan fingerprint density at radius 3 is 2.29 bits per heavy atom. The Morgan fingerprint density at radius 1 is 1.15 bits per heavy atom. The third-order valence-corrected chi connectivity index (χ3v) is 6.57. The van der Waals surface area contributed by atoms with E-state index in [1.807, 2.05) is 39.8 Å². The third kappa shape index (κ3) is 6.94. The van der Waals surface area contributed by atoms with Gasteiger partial charge < -0.3 is 24.8 Å². The lowest BCUT2D eigenvalue weighted by atomic mass is 9.92. The van der Waals surface area contributed by atoms with E-state index in [2.05, 4.69) is 5.32 Å². The Hall–Kier alpha value is -2.63. The van der Waals surface area contributed by atoms with Gasteiger partial charge in [-0.15, -0.1) is 0 Å². The number of aliphatic hydroxyl groups is 1. The second-order valence-corrected chi connectivity index (χ2v) is 10.6. The summed E-state index contributed by atoms with van der Waals surface area (Å²) in [7, 11) is -1.40. The number of hydrogen-bond donors (Lipinski definition) is 3. The van der Waals surface area contributed by atoms with Gasteiger partial charge in [-0.3, -0.25) is 4.79 Å². The maximum atomic E-state index is 13.0. The van der Waals surface area contributed by atoms with Crippen molar-refractivity contribution in [1.82, 2.24) is 5.32 Å². The van der Waals surface area contributed by atoms with Crippen LogP contribution in [0.4, 0.5) is 0 Å². The first-order valence-corrected chi connectivity index (χ1v) is 12.5. The fraction of sp³-hybridized carbons (Fsp3) is 0.462. The number of esters is 1. The van der Waals surface area contributed by atoms with Crippen LogP contribution in [0.15, 0.2) is 30.3 Å². The van der Waals surface area contributed by atoms with Crippen molar-refractivity contribution in [2.45, 2.75) is 65.8 Å². The van der Waals surface area contributed by atoms with Gasteiger partial charge in [0.1, 0.15) is 17.1 Å². The zero-order chi connectivity index (χ0) is 25.6. The molecule has 2 aromatic rings. The van der Waals surface area contributed by atoms with E-state index in [4.69, 9.17) is 4.74 Å². The molecule has 0 bridgehead atoms. The highest BCUT2D eigenvalue weighted by Gasteiger charge is 2.26. The van der Waals surface area contributed by atoms with Crippen molar-refractivity contribution in [3.63, 3.8) is 0 Å². The Labute approximate surface area is 202 Å². The summed E-state index contributed by atoms with van der Waals surface area (Å²) in [4.78, 5) is 25.3. The Kier molecular flexibility index (Phi) is 9.48. The highest BCUT2D eigenvalue weighted by Crippen LogP contribution is 2.34. The predicted octanol–water partition coefficient (Wildman–Crippen LogP) is 4.23. The SMILES string of the molecule is CCOC(=O)C(CC(C)C)NC(=O)c1cc(Cc2c(C)cc(C(C)(O)[PH2]=O)cc2C)ccc1O. The van der Waals surface area contributed by atoms with Crippen LogP contribution in [0.1, 0.15) is 72.3 Å². The van der Waals surface area contributed by atoms with Crippen LogP contribution in [0, 0.1) is 19.8 Å². The summed E-state index contributed by atoms with van der Waals surface area (Å²) in [6, 6.07) is 7.69. The van der Waals surface area contributed by atoms with Gasteiger partial charge >= 0.3 is 5.97 Å². The molecule has 0 heterocycles. The summed E-state index contributed by atoms with van der Waals surface area (Å²) in [5, 5.41) is 22.1. The summed E-state index contributed by atoms with van der Waals surface area (Å²) in [6.45, 7) is 11.2. The lowest BCUT2D eigenvalue weighted by molar-refractivity contribution is -0.145. The van der Waals surface area contributed by atoms with E-state index in [9.17, 15) is 24.4 Å². The van der Waals surface area contributed by atoms with Gasteiger partial charge in [-0.05, 0) is 86.4 Å². The summed E-state index contributed by atoms with van der Waals surface area (Å²) in [6.07, 6.45) is 0.919. The van der Waals surface area contributed by atoms with Gasteiger partial charge in [0.05, 0.1) is 20.6 Å². The molecule has 0 aliphatic rings. The van der Waals surface area contributed by atoms with Crippen molar-refractivity contribution in [3.8, 4) is 5.75 Å². The minimum Gasteiger partial charge on any atom is -0.507 e. The molecule has 0 fully saturated rings. The minimum absolute atomic E-state index is 0.0837. The van der Waals surface area contributed by atoms with Crippen LogP contribution in [0.5, 0.6) is 5.75 Å². The molecule has 0 aliphatic heterocycles. The lowest BCUT2D eigenvalue weighted by Crippen LogP contribution is -2.42. The number of amides is 1. The average molecular weight is 490 g/mol. The molecule has 0 aliphatic carbocycles. The quantitative estimate of drug-likeness (QED) is 0.340. The molecule has 3 N–H and O–H groups in total. The van der Waals surface area contributed by atoms with Crippen molar-refractivity contribution in [2.24, 2.45) is 5.92 Å². The smallest absolute Gasteiger partial charge is 0.328 e. The molecule has 7 nitrogen and oxygen atoms in total. The van der Waals surface area contributed by atoms with Gasteiger partial charge in [0.2, 0.25) is 0 Å². The first kappa shape index (κ1) is 27.6. The first-order valence-electron chi connectivity index (χ1n) is 11.5. The van der Waals surface area contributed by atoms with Crippen LogP contribution < -0.4 is 5.32 Å². The summed E-state index contributed by atoms with van der Waals surface area (Å²) in [5.41, 5.74) is 4.38. The number of ether oxygens (including phenoxy) is 1. The van der Waals surface area contributed by atoms with Crippen LogP contribution >= 0.6 is 8.46 Å². The maximum absolute atomic E-state index is 13.0. The normalized spacial score (nSPS) is 14.2. The molecule has 1 amide bonds. The average Bonchev–Trinajstić information content (AvgIpc) is 2.76. The van der Waals surface area contributed by atoms with Crippen LogP contribution in [-0.2, 0) is 25.9 Å². The molecule has 2 aromatic carbocycles. The second kappa shape index (κ2) is 11.7. The van der Waals surface area contributed by atoms with E-state index in [0.717, 1.165) is 22.3 Å². The van der Waals surface area contributed by atoms with Gasteiger partial charge in [-0.2, -0.15) is 0 Å². The zero-order valence-electron chi connectivity index (χ0n) is 20.8. The van der Waals surface area contributed by atoms with Crippen LogP contribution in [0.3, 0.4) is 0 Å². The van der Waals surface area contributed by atoms with Gasteiger partial charge in [-0.25, -0.2) is 4.79 Å². The Bertz CT molecular complexity index is 1040. The maximum Gasteiger partial charge on any atom is 0.328 e. The van der Waals surface area contributed by atoms with E-state index >= 15 is 0 Å². The molecular formula is C26H36NO6P. The molecule has 2 rings (SSSR count). The monoisotopic (exact) mass is 489 g/mol. The van der Waals surface area contributed by atoms with Gasteiger partial charge in [-0.1, -0.05) is 32.0 Å². The number of phenolic OH excluding ortho intramolecular Hbond substituents is 1. The predicted molar refractivity (Wildman–Crippen MR) is 134 cm³/mol. The number of nitrogens with one attached hydrogen (secondary N) is 1. The summed E-state index contributed by atoms with van der Waals surface area (Å²) in [5.74, 6) is -1.06. The lowest BCUT2D eigenvalue weighted by Gasteiger charge is -2.21. The standard InChI is InChI=1S/C26H36NO6P/c1-7-33-25(30)22(10-15(2)3)27-24(29)21-14-18(8-9-23(21)28)13-20-16(4)11-19(12-17(20)5)26(6,31)34-32/h8-9,11-12,14-15,22,28,31H,7,10,13,34H2,1-6H3,(H,27,29). The second-order valence-electron chi connectivity index (χ2n) is 9.29. The van der Waals surface area contributed by atoms with E-state index in [1.54, 1.807) is 19.1 Å². The molecule has 186 valence electrons. The fourth-order valence-electron chi connectivity index (χ4n) is 3.88. The van der Waals surface area contributed by atoms with Crippen molar-refractivity contribution in [2.75, 3.05) is 6.61 Å². The van der Waals surface area contributed by atoms with Gasteiger partial charge in [0.25, 0.3) is 5.91 Å². The zero-order valence-corrected chi connectivity index (χ0v) is 21.9. The first-order chi connectivity index (χ1) is 15.9. The van der Waals surface area contributed by atoms with Gasteiger partial charge in [0.15, 0.2) is 0 Å². The molecule has 0 spiro atoms. The van der Waals surface area contributed by atoms with E-state index in [-0.39, 0.29) is 23.8 Å². The summed E-state index contributed by atoms with van der Waals surface area (Å²) < 4.78 is 16.5. The Balaban J connectivity index is 2.32. The number of hydrogen-bond acceptors (Lipinski definition) is 6. The van der Waals surface area contributed by atoms with Crippen LogP contribution in [-0.4, -0.2) is 34.7 Å². The molecule has 0 radical (unpaired) electrons.